The average Bonchev–Trinajstić information content (AvgIpc) is 3.17. The molecular formula is C20H29FN4O2S. The van der Waals surface area contributed by atoms with Crippen LogP contribution in [-0.4, -0.2) is 56.6 Å². The molecule has 1 aromatic rings. The minimum absolute atomic E-state index is 0.215. The topological polar surface area (TPSA) is 80.0 Å². The first-order valence-corrected chi connectivity index (χ1v) is 10.5. The van der Waals surface area contributed by atoms with Crippen molar-refractivity contribution in [3.8, 4) is 0 Å². The van der Waals surface area contributed by atoms with Crippen LogP contribution in [0.4, 0.5) is 10.1 Å². The van der Waals surface area contributed by atoms with E-state index in [1.54, 1.807) is 37.6 Å². The second-order valence-electron chi connectivity index (χ2n) is 6.86. The zero-order valence-corrected chi connectivity index (χ0v) is 17.3. The van der Waals surface area contributed by atoms with Crippen LogP contribution in [0.1, 0.15) is 19.3 Å². The Bertz CT molecular complexity index is 695. The number of rotatable bonds is 4. The van der Waals surface area contributed by atoms with Gasteiger partial charge in [0.1, 0.15) is 0 Å². The molecule has 0 bridgehead atoms. The number of anilines is 1. The summed E-state index contributed by atoms with van der Waals surface area (Å²) >= 11 is 1.35. The number of carbonyl (C=O) groups is 1. The van der Waals surface area contributed by atoms with E-state index in [0.29, 0.717) is 16.1 Å². The van der Waals surface area contributed by atoms with Crippen molar-refractivity contribution in [3.63, 3.8) is 0 Å². The Morgan fingerprint density at radius 1 is 1.39 bits per heavy atom. The van der Waals surface area contributed by atoms with Gasteiger partial charge in [0.2, 0.25) is 0 Å². The Balaban J connectivity index is 0.000000237. The summed E-state index contributed by atoms with van der Waals surface area (Å²) in [7, 11) is 1.80. The monoisotopic (exact) mass is 408 g/mol. The lowest BCUT2D eigenvalue weighted by Crippen LogP contribution is -2.43. The van der Waals surface area contributed by atoms with Crippen molar-refractivity contribution in [2.24, 2.45) is 10.4 Å². The van der Waals surface area contributed by atoms with E-state index >= 15 is 0 Å². The average molecular weight is 409 g/mol. The lowest BCUT2D eigenvalue weighted by molar-refractivity contribution is -0.103. The van der Waals surface area contributed by atoms with E-state index < -0.39 is 0 Å². The number of aldehydes is 1. The van der Waals surface area contributed by atoms with Gasteiger partial charge in [-0.25, -0.2) is 9.38 Å². The van der Waals surface area contributed by atoms with Crippen LogP contribution in [0.15, 0.2) is 40.5 Å². The molecule has 1 spiro atoms. The molecule has 28 heavy (non-hydrogen) atoms. The molecule has 0 radical (unpaired) electrons. The fourth-order valence-electron chi connectivity index (χ4n) is 3.31. The van der Waals surface area contributed by atoms with Gasteiger partial charge in [-0.2, -0.15) is 0 Å². The van der Waals surface area contributed by atoms with Crippen molar-refractivity contribution in [3.05, 3.63) is 36.4 Å². The van der Waals surface area contributed by atoms with Gasteiger partial charge in [0.05, 0.1) is 12.3 Å². The van der Waals surface area contributed by atoms with Crippen molar-refractivity contribution in [1.82, 2.24) is 10.2 Å². The van der Waals surface area contributed by atoms with Crippen LogP contribution in [-0.2, 0) is 9.53 Å². The first kappa shape index (κ1) is 22.2. The number of benzene rings is 1. The molecule has 0 amide bonds. The molecule has 2 heterocycles. The quantitative estimate of drug-likeness (QED) is 0.262. The molecule has 2 aliphatic heterocycles. The number of nitrogens with two attached hydrogens (primary N) is 1. The predicted octanol–water partition coefficient (Wildman–Crippen LogP) is 2.91. The largest absolute Gasteiger partial charge is 0.396 e. The van der Waals surface area contributed by atoms with Crippen LogP contribution in [0.3, 0.4) is 0 Å². The zero-order chi connectivity index (χ0) is 20.4. The molecule has 8 heteroatoms. The van der Waals surface area contributed by atoms with Gasteiger partial charge in [-0.3, -0.25) is 4.79 Å². The first-order valence-electron chi connectivity index (χ1n) is 9.31. The normalized spacial score (nSPS) is 18.8. The van der Waals surface area contributed by atoms with Gasteiger partial charge in [-0.1, -0.05) is 6.07 Å². The van der Waals surface area contributed by atoms with Gasteiger partial charge in [0.25, 0.3) is 0 Å². The van der Waals surface area contributed by atoms with Gasteiger partial charge in [0.15, 0.2) is 17.9 Å². The maximum absolute atomic E-state index is 12.9. The highest BCUT2D eigenvalue weighted by atomic mass is 32.2. The molecule has 6 nitrogen and oxygen atoms in total. The summed E-state index contributed by atoms with van der Waals surface area (Å²) in [6.07, 6.45) is 9.33. The highest BCUT2D eigenvalue weighted by molar-refractivity contribution is 7.98. The Morgan fingerprint density at radius 3 is 2.68 bits per heavy atom. The summed E-state index contributed by atoms with van der Waals surface area (Å²) in [4.78, 5) is 17.9. The predicted molar refractivity (Wildman–Crippen MR) is 113 cm³/mol. The minimum Gasteiger partial charge on any atom is -0.396 e. The van der Waals surface area contributed by atoms with Gasteiger partial charge in [-0.15, -0.1) is 11.8 Å². The second kappa shape index (κ2) is 11.1. The number of amidine groups is 1. The molecule has 2 saturated heterocycles. The smallest absolute Gasteiger partial charge is 0.185 e. The number of carbonyl (C=O) groups excluding carboxylic acids is 1. The summed E-state index contributed by atoms with van der Waals surface area (Å²) in [5.74, 6) is 0.213. The summed E-state index contributed by atoms with van der Waals surface area (Å²) in [5.41, 5.74) is 5.89. The van der Waals surface area contributed by atoms with Crippen molar-refractivity contribution >= 4 is 29.6 Å². The number of ether oxygens (including phenoxy) is 1. The van der Waals surface area contributed by atoms with Crippen molar-refractivity contribution in [2.45, 2.75) is 24.2 Å². The van der Waals surface area contributed by atoms with E-state index in [-0.39, 0.29) is 11.5 Å². The van der Waals surface area contributed by atoms with Gasteiger partial charge < -0.3 is 20.7 Å². The van der Waals surface area contributed by atoms with Crippen LogP contribution >= 0.6 is 11.8 Å². The lowest BCUT2D eigenvalue weighted by Gasteiger charge is -2.38. The molecule has 0 atom stereocenters. The van der Waals surface area contributed by atoms with Crippen LogP contribution in [0.25, 0.3) is 0 Å². The van der Waals surface area contributed by atoms with Crippen LogP contribution in [0.2, 0.25) is 0 Å². The third-order valence-corrected chi connectivity index (χ3v) is 5.85. The molecule has 0 unspecified atom stereocenters. The van der Waals surface area contributed by atoms with E-state index in [9.17, 15) is 9.18 Å². The number of halogens is 1. The maximum atomic E-state index is 12.9. The number of thioether (sulfide) groups is 1. The van der Waals surface area contributed by atoms with E-state index in [1.165, 1.54) is 11.8 Å². The highest BCUT2D eigenvalue weighted by Gasteiger charge is 2.38. The molecule has 0 aliphatic carbocycles. The minimum atomic E-state index is -0.310. The van der Waals surface area contributed by atoms with Crippen LogP contribution in [0, 0.1) is 11.2 Å². The van der Waals surface area contributed by atoms with Crippen LogP contribution in [0.5, 0.6) is 0 Å². The summed E-state index contributed by atoms with van der Waals surface area (Å²) in [5, 5.41) is 2.85. The molecule has 0 saturated carbocycles. The molecule has 0 aromatic heterocycles. The van der Waals surface area contributed by atoms with Crippen molar-refractivity contribution in [2.75, 3.05) is 45.3 Å². The Labute approximate surface area is 170 Å². The van der Waals surface area contributed by atoms with E-state index in [0.717, 1.165) is 51.9 Å². The molecule has 3 rings (SSSR count). The van der Waals surface area contributed by atoms with E-state index in [4.69, 9.17) is 10.5 Å². The van der Waals surface area contributed by atoms with E-state index in [2.05, 4.69) is 15.2 Å². The number of nitrogen functional groups attached to an aromatic ring is 1. The Morgan fingerprint density at radius 2 is 2.14 bits per heavy atom. The van der Waals surface area contributed by atoms with Gasteiger partial charge in [-0.05, 0) is 43.1 Å². The first-order chi connectivity index (χ1) is 13.5. The van der Waals surface area contributed by atoms with Crippen molar-refractivity contribution in [1.29, 1.82) is 0 Å². The fourth-order valence-corrected chi connectivity index (χ4v) is 3.83. The number of piperidine rings is 1. The van der Waals surface area contributed by atoms with Crippen LogP contribution < -0.4 is 11.1 Å². The molecule has 3 N–H and O–H groups in total. The molecular weight excluding hydrogens is 379 g/mol. The molecule has 154 valence electrons. The number of likely N-dealkylation sites (tertiary alicyclic amines) is 1. The third kappa shape index (κ3) is 5.97. The molecule has 2 aliphatic rings. The number of nitrogens with one attached hydrogen (secondary N) is 1. The molecule has 2 fully saturated rings. The Kier molecular flexibility index (Phi) is 8.79. The highest BCUT2D eigenvalue weighted by Crippen LogP contribution is 2.39. The summed E-state index contributed by atoms with van der Waals surface area (Å²) in [6, 6.07) is 5.00. The van der Waals surface area contributed by atoms with E-state index in [1.807, 2.05) is 6.26 Å². The molecule has 1 aromatic carbocycles. The Hall–Kier alpha value is -2.06. The third-order valence-electron chi connectivity index (χ3n) is 5.10. The summed E-state index contributed by atoms with van der Waals surface area (Å²) < 4.78 is 18.4. The number of hydrogen-bond acceptors (Lipinski definition) is 6. The summed E-state index contributed by atoms with van der Waals surface area (Å²) in [6.45, 7) is 3.57. The fraction of sp³-hybridized carbons (Fsp3) is 0.500. The standard InChI is InChI=1S/C13H21N3O2.C7H8FNS/c1-14-5-6-15-12(10-17)16-7-2-13(3-8-16)4-9-18-11-13;1-10-6-4-2-3-5(9)7(6)8/h5-6,10,14H,2-4,7-9,11H2,1H3;2-4H,9H2,1H3/b6-5-,15-12?;. The lowest BCUT2D eigenvalue weighted by atomic mass is 9.78. The zero-order valence-electron chi connectivity index (χ0n) is 16.5. The number of aliphatic imine (C=N–C) groups is 1. The van der Waals surface area contributed by atoms with Gasteiger partial charge in [0, 0.05) is 44.0 Å². The van der Waals surface area contributed by atoms with Crippen molar-refractivity contribution < 1.29 is 13.9 Å². The second-order valence-corrected chi connectivity index (χ2v) is 7.71. The maximum Gasteiger partial charge on any atom is 0.185 e. The SMILES string of the molecule is CN/C=C\N=C(C=O)N1CCC2(CCOC2)CC1.CSc1cccc(N)c1F. The number of nitrogens with zero attached hydrogens (tertiary/aromatic N) is 2. The number of hydrogen-bond donors (Lipinski definition) is 2. The van der Waals surface area contributed by atoms with Gasteiger partial charge >= 0.3 is 0 Å².